The lowest BCUT2D eigenvalue weighted by Crippen LogP contribution is -2.39. The van der Waals surface area contributed by atoms with Crippen molar-refractivity contribution in [2.24, 2.45) is 11.7 Å². The van der Waals surface area contributed by atoms with Gasteiger partial charge in [-0.15, -0.1) is 0 Å². The molecule has 1 aliphatic heterocycles. The van der Waals surface area contributed by atoms with Gasteiger partial charge < -0.3 is 15.4 Å². The van der Waals surface area contributed by atoms with Crippen LogP contribution in [0.1, 0.15) is 45.1 Å². The van der Waals surface area contributed by atoms with Crippen molar-refractivity contribution in [1.29, 1.82) is 0 Å². The van der Waals surface area contributed by atoms with Gasteiger partial charge in [-0.3, -0.25) is 0 Å². The highest BCUT2D eigenvalue weighted by Gasteiger charge is 2.17. The molecule has 0 atom stereocenters. The van der Waals surface area contributed by atoms with E-state index in [-0.39, 0.29) is 0 Å². The average molecular weight is 290 g/mol. The third-order valence-electron chi connectivity index (χ3n) is 4.69. The van der Waals surface area contributed by atoms with Crippen molar-refractivity contribution in [2.45, 2.75) is 52.5 Å². The first kappa shape index (κ1) is 16.2. The second-order valence-corrected chi connectivity index (χ2v) is 6.27. The summed E-state index contributed by atoms with van der Waals surface area (Å²) in [5.41, 5.74) is 8.61. The summed E-state index contributed by atoms with van der Waals surface area (Å²) in [7, 11) is 0. The molecular formula is C18H30N2O. The largest absolute Gasteiger partial charge is 0.493 e. The summed E-state index contributed by atoms with van der Waals surface area (Å²) in [6, 6.07) is 6.86. The van der Waals surface area contributed by atoms with Gasteiger partial charge in [-0.25, -0.2) is 0 Å². The van der Waals surface area contributed by atoms with E-state index in [1.54, 1.807) is 0 Å². The van der Waals surface area contributed by atoms with E-state index in [0.29, 0.717) is 12.0 Å². The van der Waals surface area contributed by atoms with Crippen molar-refractivity contribution >= 4 is 5.69 Å². The van der Waals surface area contributed by atoms with Crippen molar-refractivity contribution in [3.8, 4) is 5.75 Å². The van der Waals surface area contributed by atoms with E-state index >= 15 is 0 Å². The molecule has 0 saturated carbocycles. The van der Waals surface area contributed by atoms with Gasteiger partial charge in [0.25, 0.3) is 0 Å². The molecule has 1 aliphatic rings. The molecule has 0 unspecified atom stereocenters. The Bertz CT molecular complexity index is 435. The van der Waals surface area contributed by atoms with E-state index < -0.39 is 0 Å². The van der Waals surface area contributed by atoms with Gasteiger partial charge in [-0.05, 0) is 49.4 Å². The van der Waals surface area contributed by atoms with Crippen LogP contribution in [-0.4, -0.2) is 25.7 Å². The molecule has 21 heavy (non-hydrogen) atoms. The van der Waals surface area contributed by atoms with E-state index in [1.165, 1.54) is 24.1 Å². The van der Waals surface area contributed by atoms with Gasteiger partial charge in [-0.1, -0.05) is 26.7 Å². The lowest BCUT2D eigenvalue weighted by Gasteiger charge is -2.33. The number of aryl methyl sites for hydroxylation is 1. The number of piperidine rings is 1. The van der Waals surface area contributed by atoms with Crippen LogP contribution in [0.15, 0.2) is 18.2 Å². The minimum atomic E-state index is 0.379. The smallest absolute Gasteiger partial charge is 0.119 e. The summed E-state index contributed by atoms with van der Waals surface area (Å²) in [5, 5.41) is 0. The molecule has 0 radical (unpaired) electrons. The molecule has 0 bridgehead atoms. The van der Waals surface area contributed by atoms with E-state index in [1.807, 2.05) is 0 Å². The fraction of sp³-hybridized carbons (Fsp3) is 0.667. The van der Waals surface area contributed by atoms with Gasteiger partial charge in [0.15, 0.2) is 0 Å². The van der Waals surface area contributed by atoms with Crippen LogP contribution in [0.3, 0.4) is 0 Å². The number of nitrogens with zero attached hydrogens (tertiary/aromatic N) is 1. The number of rotatable bonds is 6. The number of anilines is 1. The number of hydrogen-bond donors (Lipinski definition) is 1. The highest BCUT2D eigenvalue weighted by atomic mass is 16.5. The van der Waals surface area contributed by atoms with Crippen molar-refractivity contribution in [1.82, 2.24) is 0 Å². The van der Waals surface area contributed by atoms with Crippen LogP contribution >= 0.6 is 0 Å². The number of hydrogen-bond acceptors (Lipinski definition) is 3. The maximum absolute atomic E-state index is 5.98. The van der Waals surface area contributed by atoms with Crippen molar-refractivity contribution in [3.63, 3.8) is 0 Å². The van der Waals surface area contributed by atoms with Crippen LogP contribution in [0.2, 0.25) is 0 Å². The van der Waals surface area contributed by atoms with Crippen LogP contribution in [-0.2, 0) is 0 Å². The summed E-state index contributed by atoms with van der Waals surface area (Å²) >= 11 is 0. The molecule has 118 valence electrons. The topological polar surface area (TPSA) is 38.5 Å². The third kappa shape index (κ3) is 4.37. The van der Waals surface area contributed by atoms with Crippen LogP contribution in [0.4, 0.5) is 5.69 Å². The highest BCUT2D eigenvalue weighted by molar-refractivity contribution is 5.56. The molecule has 1 heterocycles. The standard InChI is InChI=1S/C18H30N2O/c1-4-15(5-2)13-21-17-6-7-18(14(3)12-17)20-10-8-16(19)9-11-20/h6-7,12,15-16H,4-5,8-11,13,19H2,1-3H3. The monoisotopic (exact) mass is 290 g/mol. The van der Waals surface area contributed by atoms with Crippen molar-refractivity contribution in [3.05, 3.63) is 23.8 Å². The van der Waals surface area contributed by atoms with Crippen LogP contribution in [0, 0.1) is 12.8 Å². The van der Waals surface area contributed by atoms with Gasteiger partial charge in [0, 0.05) is 24.8 Å². The lowest BCUT2D eigenvalue weighted by atomic mass is 10.0. The maximum atomic E-state index is 5.98. The fourth-order valence-corrected chi connectivity index (χ4v) is 2.95. The number of benzene rings is 1. The molecule has 1 aromatic rings. The Balaban J connectivity index is 1.97. The van der Waals surface area contributed by atoms with Crippen molar-refractivity contribution in [2.75, 3.05) is 24.6 Å². The van der Waals surface area contributed by atoms with Gasteiger partial charge >= 0.3 is 0 Å². The number of ether oxygens (including phenoxy) is 1. The Kier molecular flexibility index (Phi) is 5.92. The average Bonchev–Trinajstić information content (AvgIpc) is 2.49. The van der Waals surface area contributed by atoms with Crippen LogP contribution in [0.25, 0.3) is 0 Å². The Morgan fingerprint density at radius 3 is 2.48 bits per heavy atom. The maximum Gasteiger partial charge on any atom is 0.119 e. The molecule has 1 fully saturated rings. The van der Waals surface area contributed by atoms with Crippen LogP contribution < -0.4 is 15.4 Å². The molecule has 3 nitrogen and oxygen atoms in total. The van der Waals surface area contributed by atoms with E-state index in [2.05, 4.69) is 43.9 Å². The zero-order valence-electron chi connectivity index (χ0n) is 13.8. The summed E-state index contributed by atoms with van der Waals surface area (Å²) in [6.07, 6.45) is 4.54. The molecule has 0 aliphatic carbocycles. The molecule has 3 heteroatoms. The second kappa shape index (κ2) is 7.69. The third-order valence-corrected chi connectivity index (χ3v) is 4.69. The fourth-order valence-electron chi connectivity index (χ4n) is 2.95. The Hall–Kier alpha value is -1.22. The zero-order valence-corrected chi connectivity index (χ0v) is 13.8. The van der Waals surface area contributed by atoms with Crippen molar-refractivity contribution < 1.29 is 4.74 Å². The van der Waals surface area contributed by atoms with E-state index in [9.17, 15) is 0 Å². The predicted octanol–water partition coefficient (Wildman–Crippen LogP) is 3.74. The SMILES string of the molecule is CCC(CC)COc1ccc(N2CCC(N)CC2)c(C)c1. The van der Waals surface area contributed by atoms with Gasteiger partial charge in [-0.2, -0.15) is 0 Å². The molecule has 0 aromatic heterocycles. The molecule has 1 aromatic carbocycles. The molecule has 1 saturated heterocycles. The van der Waals surface area contributed by atoms with E-state index in [4.69, 9.17) is 10.5 Å². The molecule has 2 rings (SSSR count). The Morgan fingerprint density at radius 2 is 1.90 bits per heavy atom. The van der Waals surface area contributed by atoms with E-state index in [0.717, 1.165) is 38.3 Å². The Labute approximate surface area is 129 Å². The minimum absolute atomic E-state index is 0.379. The van der Waals surface area contributed by atoms with Gasteiger partial charge in [0.2, 0.25) is 0 Å². The first-order chi connectivity index (χ1) is 10.1. The second-order valence-electron chi connectivity index (χ2n) is 6.27. The Morgan fingerprint density at radius 1 is 1.24 bits per heavy atom. The molecule has 0 amide bonds. The number of nitrogens with two attached hydrogens (primary N) is 1. The summed E-state index contributed by atoms with van der Waals surface area (Å²) in [4.78, 5) is 2.45. The minimum Gasteiger partial charge on any atom is -0.493 e. The summed E-state index contributed by atoms with van der Waals surface area (Å²) in [5.74, 6) is 1.66. The molecule has 2 N–H and O–H groups in total. The van der Waals surface area contributed by atoms with Crippen LogP contribution in [0.5, 0.6) is 5.75 Å². The summed E-state index contributed by atoms with van der Waals surface area (Å²) in [6.45, 7) is 9.59. The quantitative estimate of drug-likeness (QED) is 0.867. The predicted molar refractivity (Wildman–Crippen MR) is 90.2 cm³/mol. The molecular weight excluding hydrogens is 260 g/mol. The van der Waals surface area contributed by atoms with Gasteiger partial charge in [0.05, 0.1) is 6.61 Å². The lowest BCUT2D eigenvalue weighted by molar-refractivity contribution is 0.240. The summed E-state index contributed by atoms with van der Waals surface area (Å²) < 4.78 is 5.95. The van der Waals surface area contributed by atoms with Gasteiger partial charge in [0.1, 0.15) is 5.75 Å². The molecule has 0 spiro atoms. The first-order valence-electron chi connectivity index (χ1n) is 8.38. The zero-order chi connectivity index (χ0) is 15.2. The first-order valence-corrected chi connectivity index (χ1v) is 8.38. The normalized spacial score (nSPS) is 16.5. The highest BCUT2D eigenvalue weighted by Crippen LogP contribution is 2.27.